The van der Waals surface area contributed by atoms with Crippen LogP contribution >= 0.6 is 11.8 Å². The van der Waals surface area contributed by atoms with Gasteiger partial charge in [-0.2, -0.15) is 4.31 Å². The highest BCUT2D eigenvalue weighted by atomic mass is 32.2. The Morgan fingerprint density at radius 3 is 2.40 bits per heavy atom. The Labute approximate surface area is 180 Å². The Morgan fingerprint density at radius 2 is 1.67 bits per heavy atom. The highest BCUT2D eigenvalue weighted by Gasteiger charge is 2.28. The number of H-pyrrole nitrogens is 2. The SMILES string of the molecule is Cc1ccc(SCCN2CCN(S(=O)(=O)c3ccc4[nH]c(=O)[nH]c4c3)CC2)cc1C. The molecular weight excluding hydrogens is 420 g/mol. The Morgan fingerprint density at radius 1 is 0.933 bits per heavy atom. The lowest BCUT2D eigenvalue weighted by Gasteiger charge is -2.33. The quantitative estimate of drug-likeness (QED) is 0.568. The molecule has 0 aliphatic carbocycles. The van der Waals surface area contributed by atoms with Crippen LogP contribution < -0.4 is 5.69 Å². The van der Waals surface area contributed by atoms with E-state index in [-0.39, 0.29) is 10.6 Å². The molecule has 0 amide bonds. The molecule has 1 aliphatic rings. The number of piperazine rings is 1. The van der Waals surface area contributed by atoms with E-state index in [1.165, 1.54) is 26.4 Å². The van der Waals surface area contributed by atoms with Gasteiger partial charge in [0.1, 0.15) is 0 Å². The van der Waals surface area contributed by atoms with Crippen LogP contribution in [0.5, 0.6) is 0 Å². The van der Waals surface area contributed by atoms with Crippen molar-refractivity contribution in [2.75, 3.05) is 38.5 Å². The fourth-order valence-electron chi connectivity index (χ4n) is 3.61. The summed E-state index contributed by atoms with van der Waals surface area (Å²) in [6.45, 7) is 7.56. The van der Waals surface area contributed by atoms with E-state index < -0.39 is 10.0 Å². The number of imidazole rings is 1. The number of rotatable bonds is 6. The van der Waals surface area contributed by atoms with E-state index >= 15 is 0 Å². The first-order chi connectivity index (χ1) is 14.3. The second-order valence-electron chi connectivity index (χ2n) is 7.63. The second kappa shape index (κ2) is 8.58. The molecule has 0 unspecified atom stereocenters. The first kappa shape index (κ1) is 21.2. The molecule has 2 heterocycles. The lowest BCUT2D eigenvalue weighted by atomic mass is 10.1. The summed E-state index contributed by atoms with van der Waals surface area (Å²) in [7, 11) is -3.57. The fourth-order valence-corrected chi connectivity index (χ4v) is 6.07. The van der Waals surface area contributed by atoms with Gasteiger partial charge in [0.05, 0.1) is 15.9 Å². The van der Waals surface area contributed by atoms with Crippen molar-refractivity contribution in [1.29, 1.82) is 0 Å². The number of aryl methyl sites for hydroxylation is 2. The number of thioether (sulfide) groups is 1. The summed E-state index contributed by atoms with van der Waals surface area (Å²) in [5, 5.41) is 0. The van der Waals surface area contributed by atoms with Crippen molar-refractivity contribution in [3.05, 3.63) is 58.0 Å². The van der Waals surface area contributed by atoms with E-state index in [0.717, 1.165) is 25.4 Å². The van der Waals surface area contributed by atoms with Crippen LogP contribution in [-0.2, 0) is 10.0 Å². The summed E-state index contributed by atoms with van der Waals surface area (Å²) in [6, 6.07) is 11.2. The van der Waals surface area contributed by atoms with Gasteiger partial charge in [0.2, 0.25) is 10.0 Å². The normalized spacial score (nSPS) is 16.3. The average Bonchev–Trinajstić information content (AvgIpc) is 3.10. The molecule has 1 aliphatic heterocycles. The maximum atomic E-state index is 13.0. The smallest absolute Gasteiger partial charge is 0.306 e. The number of nitrogens with zero attached hydrogens (tertiary/aromatic N) is 2. The standard InChI is InChI=1S/C21H26N4O3S2/c1-15-3-4-17(13-16(15)2)29-12-11-24-7-9-25(10-8-24)30(27,28)18-5-6-19-20(14-18)23-21(26)22-19/h3-6,13-14H,7-12H2,1-2H3,(H2,22,23,26). The molecule has 0 radical (unpaired) electrons. The van der Waals surface area contributed by atoms with Gasteiger partial charge in [-0.05, 0) is 55.3 Å². The number of hydrogen-bond donors (Lipinski definition) is 2. The van der Waals surface area contributed by atoms with Gasteiger partial charge < -0.3 is 9.97 Å². The minimum absolute atomic E-state index is 0.212. The third-order valence-electron chi connectivity index (χ3n) is 5.61. The first-order valence-electron chi connectivity index (χ1n) is 9.97. The molecule has 3 aromatic rings. The van der Waals surface area contributed by atoms with Crippen molar-refractivity contribution in [1.82, 2.24) is 19.2 Å². The molecule has 7 nitrogen and oxygen atoms in total. The summed E-state index contributed by atoms with van der Waals surface area (Å²) in [4.78, 5) is 20.5. The van der Waals surface area contributed by atoms with Gasteiger partial charge in [-0.25, -0.2) is 13.2 Å². The monoisotopic (exact) mass is 446 g/mol. The molecule has 9 heteroatoms. The number of fused-ring (bicyclic) bond motifs is 1. The zero-order valence-corrected chi connectivity index (χ0v) is 18.8. The highest BCUT2D eigenvalue weighted by Crippen LogP contribution is 2.23. The third kappa shape index (κ3) is 4.49. The van der Waals surface area contributed by atoms with E-state index in [0.29, 0.717) is 24.1 Å². The van der Waals surface area contributed by atoms with Crippen LogP contribution in [0, 0.1) is 13.8 Å². The molecule has 1 saturated heterocycles. The van der Waals surface area contributed by atoms with E-state index in [4.69, 9.17) is 0 Å². The fraction of sp³-hybridized carbons (Fsp3) is 0.381. The van der Waals surface area contributed by atoms with Crippen LogP contribution in [-0.4, -0.2) is 66.1 Å². The minimum atomic E-state index is -3.57. The Hall–Kier alpha value is -2.07. The molecule has 0 atom stereocenters. The average molecular weight is 447 g/mol. The molecular formula is C21H26N4O3S2. The third-order valence-corrected chi connectivity index (χ3v) is 8.48. The summed E-state index contributed by atoms with van der Waals surface area (Å²) < 4.78 is 27.5. The molecule has 0 spiro atoms. The van der Waals surface area contributed by atoms with Gasteiger partial charge in [0.15, 0.2) is 0 Å². The van der Waals surface area contributed by atoms with Gasteiger partial charge in [0, 0.05) is 43.4 Å². The van der Waals surface area contributed by atoms with Gasteiger partial charge in [-0.15, -0.1) is 11.8 Å². The van der Waals surface area contributed by atoms with Crippen molar-refractivity contribution in [2.45, 2.75) is 23.6 Å². The minimum Gasteiger partial charge on any atom is -0.306 e. The van der Waals surface area contributed by atoms with Crippen LogP contribution in [0.3, 0.4) is 0 Å². The molecule has 160 valence electrons. The number of benzene rings is 2. The topological polar surface area (TPSA) is 89.3 Å². The number of aromatic amines is 2. The second-order valence-corrected chi connectivity index (χ2v) is 10.7. The van der Waals surface area contributed by atoms with Crippen LogP contribution in [0.15, 0.2) is 51.0 Å². The number of sulfonamides is 1. The molecule has 2 aromatic carbocycles. The molecule has 30 heavy (non-hydrogen) atoms. The summed E-state index contributed by atoms with van der Waals surface area (Å²) >= 11 is 1.84. The van der Waals surface area contributed by atoms with Crippen LogP contribution in [0.1, 0.15) is 11.1 Å². The number of aromatic nitrogens is 2. The lowest BCUT2D eigenvalue weighted by Crippen LogP contribution is -2.49. The summed E-state index contributed by atoms with van der Waals surface area (Å²) in [6.07, 6.45) is 0. The van der Waals surface area contributed by atoms with Crippen LogP contribution in [0.25, 0.3) is 11.0 Å². The van der Waals surface area contributed by atoms with Crippen molar-refractivity contribution in [3.8, 4) is 0 Å². The van der Waals surface area contributed by atoms with Crippen molar-refractivity contribution in [2.24, 2.45) is 0 Å². The van der Waals surface area contributed by atoms with E-state index in [9.17, 15) is 13.2 Å². The Balaban J connectivity index is 1.32. The zero-order valence-electron chi connectivity index (χ0n) is 17.1. The van der Waals surface area contributed by atoms with E-state index in [2.05, 4.69) is 46.9 Å². The molecule has 1 fully saturated rings. The number of hydrogen-bond acceptors (Lipinski definition) is 5. The molecule has 4 rings (SSSR count). The van der Waals surface area contributed by atoms with Crippen LogP contribution in [0.4, 0.5) is 0 Å². The maximum absolute atomic E-state index is 13.0. The highest BCUT2D eigenvalue weighted by molar-refractivity contribution is 7.99. The van der Waals surface area contributed by atoms with Gasteiger partial charge in [-0.3, -0.25) is 4.90 Å². The van der Waals surface area contributed by atoms with Gasteiger partial charge >= 0.3 is 5.69 Å². The largest absolute Gasteiger partial charge is 0.323 e. The van der Waals surface area contributed by atoms with Crippen LogP contribution in [0.2, 0.25) is 0 Å². The molecule has 2 N–H and O–H groups in total. The zero-order chi connectivity index (χ0) is 21.3. The first-order valence-corrected chi connectivity index (χ1v) is 12.4. The summed E-state index contributed by atoms with van der Waals surface area (Å²) in [5.74, 6) is 0.979. The Bertz CT molecular complexity index is 1210. The molecule has 1 aromatic heterocycles. The van der Waals surface area contributed by atoms with Crippen molar-refractivity contribution in [3.63, 3.8) is 0 Å². The Kier molecular flexibility index (Phi) is 6.06. The van der Waals surface area contributed by atoms with Gasteiger partial charge in [-0.1, -0.05) is 6.07 Å². The maximum Gasteiger partial charge on any atom is 0.323 e. The van der Waals surface area contributed by atoms with E-state index in [1.54, 1.807) is 12.1 Å². The van der Waals surface area contributed by atoms with Gasteiger partial charge in [0.25, 0.3) is 0 Å². The predicted molar refractivity (Wildman–Crippen MR) is 121 cm³/mol. The van der Waals surface area contributed by atoms with Crippen molar-refractivity contribution >= 4 is 32.8 Å². The molecule has 0 saturated carbocycles. The van der Waals surface area contributed by atoms with Crippen molar-refractivity contribution < 1.29 is 8.42 Å². The molecule has 0 bridgehead atoms. The number of nitrogens with one attached hydrogen (secondary N) is 2. The lowest BCUT2D eigenvalue weighted by molar-refractivity contribution is 0.197. The summed E-state index contributed by atoms with van der Waals surface area (Å²) in [5.41, 5.74) is 3.37. The predicted octanol–water partition coefficient (Wildman–Crippen LogP) is 2.57. The van der Waals surface area contributed by atoms with E-state index in [1.807, 2.05) is 11.8 Å².